The highest BCUT2D eigenvalue weighted by Crippen LogP contribution is 2.19. The van der Waals surface area contributed by atoms with Gasteiger partial charge in [0.2, 0.25) is 10.0 Å². The van der Waals surface area contributed by atoms with Crippen LogP contribution in [0.5, 0.6) is 0 Å². The summed E-state index contributed by atoms with van der Waals surface area (Å²) in [6, 6.07) is 12.4. The second-order valence-corrected chi connectivity index (χ2v) is 7.03. The lowest BCUT2D eigenvalue weighted by molar-refractivity contribution is 0.419. The van der Waals surface area contributed by atoms with Gasteiger partial charge in [-0.3, -0.25) is 4.98 Å². The number of sulfonamides is 1. The van der Waals surface area contributed by atoms with E-state index in [1.807, 2.05) is 37.3 Å². The minimum atomic E-state index is -3.50. The third kappa shape index (κ3) is 3.90. The van der Waals surface area contributed by atoms with E-state index in [2.05, 4.69) is 20.9 Å². The number of halogens is 1. The van der Waals surface area contributed by atoms with E-state index in [-0.39, 0.29) is 6.54 Å². The van der Waals surface area contributed by atoms with E-state index in [4.69, 9.17) is 0 Å². The van der Waals surface area contributed by atoms with Crippen LogP contribution < -0.4 is 0 Å². The molecule has 0 saturated carbocycles. The third-order valence-electron chi connectivity index (χ3n) is 3.13. The summed E-state index contributed by atoms with van der Waals surface area (Å²) in [6.07, 6.45) is 1.67. The maximum Gasteiger partial charge on any atom is 0.243 e. The van der Waals surface area contributed by atoms with Gasteiger partial charge in [-0.05, 0) is 29.8 Å². The van der Waals surface area contributed by atoms with Crippen LogP contribution in [0.3, 0.4) is 0 Å². The van der Waals surface area contributed by atoms with Gasteiger partial charge in [0.15, 0.2) is 0 Å². The van der Waals surface area contributed by atoms with Gasteiger partial charge >= 0.3 is 0 Å². The van der Waals surface area contributed by atoms with Crippen molar-refractivity contribution in [1.29, 1.82) is 0 Å². The lowest BCUT2D eigenvalue weighted by atomic mass is 10.2. The number of pyridine rings is 1. The van der Waals surface area contributed by atoms with Crippen LogP contribution >= 0.6 is 15.9 Å². The van der Waals surface area contributed by atoms with E-state index < -0.39 is 10.0 Å². The predicted molar refractivity (Wildman–Crippen MR) is 86.6 cm³/mol. The van der Waals surface area contributed by atoms with Crippen molar-refractivity contribution in [3.8, 4) is 0 Å². The molecule has 2 rings (SSSR count). The minimum absolute atomic E-state index is 0.278. The highest BCUT2D eigenvalue weighted by molar-refractivity contribution is 9.08. The first-order valence-corrected chi connectivity index (χ1v) is 9.19. The average Bonchev–Trinajstić information content (AvgIpc) is 2.53. The Kier molecular flexibility index (Phi) is 5.50. The molecule has 0 saturated heterocycles. The molecular formula is C15H17BrN2O2S. The van der Waals surface area contributed by atoms with Crippen LogP contribution in [0, 0.1) is 0 Å². The van der Waals surface area contributed by atoms with E-state index in [0.717, 1.165) is 11.3 Å². The van der Waals surface area contributed by atoms with Gasteiger partial charge in [0.25, 0.3) is 0 Å². The van der Waals surface area contributed by atoms with E-state index in [1.54, 1.807) is 18.3 Å². The molecular weight excluding hydrogens is 352 g/mol. The molecule has 112 valence electrons. The molecule has 2 aromatic rings. The Morgan fingerprint density at radius 1 is 1.14 bits per heavy atom. The van der Waals surface area contributed by atoms with Crippen molar-refractivity contribution >= 4 is 26.0 Å². The summed E-state index contributed by atoms with van der Waals surface area (Å²) in [7, 11) is -3.50. The summed E-state index contributed by atoms with van der Waals surface area (Å²) in [4.78, 5) is 4.50. The van der Waals surface area contributed by atoms with Crippen LogP contribution in [-0.4, -0.2) is 24.3 Å². The maximum atomic E-state index is 12.7. The molecule has 0 N–H and O–H groups in total. The minimum Gasteiger partial charge on any atom is -0.260 e. The monoisotopic (exact) mass is 368 g/mol. The number of aromatic nitrogens is 1. The van der Waals surface area contributed by atoms with Gasteiger partial charge in [-0.2, -0.15) is 4.31 Å². The number of hydrogen-bond acceptors (Lipinski definition) is 3. The Hall–Kier alpha value is -1.24. The molecule has 0 aliphatic carbocycles. The molecule has 0 bridgehead atoms. The molecule has 0 fully saturated rings. The first kappa shape index (κ1) is 16.1. The summed E-state index contributed by atoms with van der Waals surface area (Å²) >= 11 is 3.35. The van der Waals surface area contributed by atoms with Gasteiger partial charge in [-0.1, -0.05) is 41.1 Å². The van der Waals surface area contributed by atoms with E-state index >= 15 is 0 Å². The normalized spacial score (nSPS) is 11.8. The average molecular weight is 369 g/mol. The van der Waals surface area contributed by atoms with Crippen molar-refractivity contribution in [2.45, 2.75) is 23.7 Å². The van der Waals surface area contributed by atoms with Crippen LogP contribution in [0.4, 0.5) is 0 Å². The topological polar surface area (TPSA) is 50.3 Å². The van der Waals surface area contributed by atoms with Crippen LogP contribution in [0.15, 0.2) is 53.6 Å². The summed E-state index contributed by atoms with van der Waals surface area (Å²) in [5.74, 6) is 0. The molecule has 0 atom stereocenters. The Morgan fingerprint density at radius 2 is 1.86 bits per heavy atom. The molecule has 0 aliphatic rings. The fraction of sp³-hybridized carbons (Fsp3) is 0.267. The van der Waals surface area contributed by atoms with Crippen LogP contribution in [-0.2, 0) is 21.9 Å². The second kappa shape index (κ2) is 7.15. The first-order chi connectivity index (χ1) is 10.1. The molecule has 0 radical (unpaired) electrons. The lowest BCUT2D eigenvalue weighted by Gasteiger charge is -2.20. The Bertz CT molecular complexity index is 673. The van der Waals surface area contributed by atoms with Crippen molar-refractivity contribution in [2.75, 3.05) is 6.54 Å². The van der Waals surface area contributed by atoms with E-state index in [1.165, 1.54) is 4.31 Å². The maximum absolute atomic E-state index is 12.7. The zero-order valence-corrected chi connectivity index (χ0v) is 14.1. The Morgan fingerprint density at radius 3 is 2.38 bits per heavy atom. The van der Waals surface area contributed by atoms with Gasteiger partial charge in [0.05, 0.1) is 17.1 Å². The van der Waals surface area contributed by atoms with Crippen molar-refractivity contribution in [3.63, 3.8) is 0 Å². The largest absolute Gasteiger partial charge is 0.260 e. The molecule has 0 spiro atoms. The fourth-order valence-electron chi connectivity index (χ4n) is 1.94. The summed E-state index contributed by atoms with van der Waals surface area (Å²) in [5, 5.41) is 0.707. The summed E-state index contributed by atoms with van der Waals surface area (Å²) in [5.41, 5.74) is 1.78. The van der Waals surface area contributed by atoms with Gasteiger partial charge in [0.1, 0.15) is 0 Å². The van der Waals surface area contributed by atoms with Crippen LogP contribution in [0.25, 0.3) is 0 Å². The first-order valence-electron chi connectivity index (χ1n) is 6.63. The molecule has 0 amide bonds. The highest BCUT2D eigenvalue weighted by Gasteiger charge is 2.23. The van der Waals surface area contributed by atoms with Crippen LogP contribution in [0.2, 0.25) is 0 Å². The molecule has 0 aliphatic heterocycles. The molecule has 1 aromatic carbocycles. The molecule has 4 nitrogen and oxygen atoms in total. The summed E-state index contributed by atoms with van der Waals surface area (Å²) < 4.78 is 26.7. The van der Waals surface area contributed by atoms with Gasteiger partial charge in [-0.25, -0.2) is 8.42 Å². The SMILES string of the molecule is CCN(Cc1ccccn1)S(=O)(=O)c1ccc(CBr)cc1. The van der Waals surface area contributed by atoms with E-state index in [0.29, 0.717) is 16.8 Å². The number of alkyl halides is 1. The predicted octanol–water partition coefficient (Wildman–Crippen LogP) is 3.19. The molecule has 1 aromatic heterocycles. The van der Waals surface area contributed by atoms with Crippen molar-refractivity contribution in [3.05, 3.63) is 59.9 Å². The quantitative estimate of drug-likeness (QED) is 0.735. The number of hydrogen-bond donors (Lipinski definition) is 0. The standard InChI is InChI=1S/C15H17BrN2O2S/c1-2-18(12-14-5-3-4-10-17-14)21(19,20)15-8-6-13(11-16)7-9-15/h3-10H,2,11-12H2,1H3. The molecule has 1 heterocycles. The molecule has 21 heavy (non-hydrogen) atoms. The fourth-order valence-corrected chi connectivity index (χ4v) is 3.73. The van der Waals surface area contributed by atoms with Crippen LogP contribution in [0.1, 0.15) is 18.2 Å². The van der Waals surface area contributed by atoms with Gasteiger partial charge in [0, 0.05) is 18.1 Å². The third-order valence-corrected chi connectivity index (χ3v) is 5.72. The highest BCUT2D eigenvalue weighted by atomic mass is 79.9. The molecule has 6 heteroatoms. The smallest absolute Gasteiger partial charge is 0.243 e. The number of benzene rings is 1. The van der Waals surface area contributed by atoms with Gasteiger partial charge < -0.3 is 0 Å². The number of rotatable bonds is 6. The summed E-state index contributed by atoms with van der Waals surface area (Å²) in [6.45, 7) is 2.51. The van der Waals surface area contributed by atoms with E-state index in [9.17, 15) is 8.42 Å². The van der Waals surface area contributed by atoms with Crippen molar-refractivity contribution in [2.24, 2.45) is 0 Å². The zero-order valence-electron chi connectivity index (χ0n) is 11.7. The second-order valence-electron chi connectivity index (χ2n) is 4.53. The number of nitrogens with zero attached hydrogens (tertiary/aromatic N) is 2. The Labute approximate surface area is 134 Å². The Balaban J connectivity index is 2.26. The lowest BCUT2D eigenvalue weighted by Crippen LogP contribution is -2.30. The van der Waals surface area contributed by atoms with Crippen molar-refractivity contribution < 1.29 is 8.42 Å². The zero-order chi connectivity index (χ0) is 15.3. The van der Waals surface area contributed by atoms with Crippen molar-refractivity contribution in [1.82, 2.24) is 9.29 Å². The van der Waals surface area contributed by atoms with Gasteiger partial charge in [-0.15, -0.1) is 0 Å². The molecule has 0 unspecified atom stereocenters.